The van der Waals surface area contributed by atoms with Crippen molar-refractivity contribution in [2.24, 2.45) is 0 Å². The molecule has 0 atom stereocenters. The number of aromatic nitrogens is 2. The Hall–Kier alpha value is -2.33. The molecule has 21 heavy (non-hydrogen) atoms. The third kappa shape index (κ3) is 3.41. The lowest BCUT2D eigenvalue weighted by molar-refractivity contribution is 0.478. The third-order valence-corrected chi connectivity index (χ3v) is 3.35. The van der Waals surface area contributed by atoms with Crippen LogP contribution in [-0.2, 0) is 13.1 Å². The summed E-state index contributed by atoms with van der Waals surface area (Å²) in [6, 6.07) is 12.3. The molecule has 4 heteroatoms. The summed E-state index contributed by atoms with van der Waals surface area (Å²) in [6.07, 6.45) is 5.74. The van der Waals surface area contributed by atoms with Crippen molar-refractivity contribution in [1.82, 2.24) is 15.1 Å². The highest BCUT2D eigenvalue weighted by atomic mass is 16.3. The second-order valence-corrected chi connectivity index (χ2v) is 4.99. The van der Waals surface area contributed by atoms with Crippen LogP contribution in [0.1, 0.15) is 18.2 Å². The lowest BCUT2D eigenvalue weighted by Crippen LogP contribution is -2.10. The highest BCUT2D eigenvalue weighted by molar-refractivity contribution is 5.61. The van der Waals surface area contributed by atoms with E-state index in [4.69, 9.17) is 4.42 Å². The average Bonchev–Trinajstić information content (AvgIpc) is 3.16. The van der Waals surface area contributed by atoms with E-state index in [1.807, 2.05) is 35.3 Å². The second kappa shape index (κ2) is 6.41. The maximum Gasteiger partial charge on any atom is 0.125 e. The fraction of sp³-hybridized carbons (Fsp3) is 0.235. The van der Waals surface area contributed by atoms with E-state index in [0.717, 1.165) is 24.4 Å². The van der Waals surface area contributed by atoms with Crippen molar-refractivity contribution in [3.63, 3.8) is 0 Å². The van der Waals surface area contributed by atoms with Crippen LogP contribution in [0.5, 0.6) is 0 Å². The van der Waals surface area contributed by atoms with Crippen LogP contribution in [-0.4, -0.2) is 16.3 Å². The minimum Gasteiger partial charge on any atom is -0.467 e. The molecule has 1 aromatic carbocycles. The van der Waals surface area contributed by atoms with Crippen LogP contribution in [0.3, 0.4) is 0 Å². The third-order valence-electron chi connectivity index (χ3n) is 3.35. The van der Waals surface area contributed by atoms with Gasteiger partial charge in [-0.25, -0.2) is 0 Å². The summed E-state index contributed by atoms with van der Waals surface area (Å²) in [4.78, 5) is 0. The van der Waals surface area contributed by atoms with Crippen LogP contribution in [0.15, 0.2) is 59.5 Å². The molecule has 0 amide bonds. The molecular formula is C17H19N3O. The first kappa shape index (κ1) is 13.6. The number of hydrogen-bond acceptors (Lipinski definition) is 3. The first-order valence-corrected chi connectivity index (χ1v) is 7.20. The molecule has 0 radical (unpaired) electrons. The monoisotopic (exact) mass is 281 g/mol. The summed E-state index contributed by atoms with van der Waals surface area (Å²) >= 11 is 0. The van der Waals surface area contributed by atoms with E-state index in [0.29, 0.717) is 6.54 Å². The van der Waals surface area contributed by atoms with E-state index in [1.165, 1.54) is 11.1 Å². The van der Waals surface area contributed by atoms with Crippen molar-refractivity contribution < 1.29 is 4.42 Å². The Morgan fingerprint density at radius 2 is 2.05 bits per heavy atom. The Morgan fingerprint density at radius 1 is 1.19 bits per heavy atom. The number of benzene rings is 1. The summed E-state index contributed by atoms with van der Waals surface area (Å²) in [7, 11) is 0. The Bertz CT molecular complexity index is 685. The molecule has 0 saturated heterocycles. The van der Waals surface area contributed by atoms with Crippen molar-refractivity contribution in [2.45, 2.75) is 20.0 Å². The van der Waals surface area contributed by atoms with Crippen molar-refractivity contribution >= 4 is 0 Å². The molecule has 0 aliphatic carbocycles. The van der Waals surface area contributed by atoms with Crippen molar-refractivity contribution in [1.29, 1.82) is 0 Å². The van der Waals surface area contributed by atoms with E-state index in [9.17, 15) is 0 Å². The Labute approximate surface area is 124 Å². The zero-order valence-corrected chi connectivity index (χ0v) is 12.1. The number of furan rings is 1. The van der Waals surface area contributed by atoms with Gasteiger partial charge in [-0.15, -0.1) is 0 Å². The number of hydrogen-bond donors (Lipinski definition) is 1. The van der Waals surface area contributed by atoms with Gasteiger partial charge in [-0.3, -0.25) is 4.68 Å². The SMILES string of the molecule is CCNCc1coc(Cn2cc(-c3ccccc3)cn2)c1. The zero-order chi connectivity index (χ0) is 14.5. The van der Waals surface area contributed by atoms with E-state index in [-0.39, 0.29) is 0 Å². The van der Waals surface area contributed by atoms with Crippen LogP contribution < -0.4 is 5.32 Å². The molecule has 2 aromatic heterocycles. The maximum atomic E-state index is 5.58. The van der Waals surface area contributed by atoms with Crippen molar-refractivity contribution in [3.05, 3.63) is 66.4 Å². The van der Waals surface area contributed by atoms with Crippen LogP contribution in [0.2, 0.25) is 0 Å². The highest BCUT2D eigenvalue weighted by Crippen LogP contribution is 2.18. The molecule has 1 N–H and O–H groups in total. The van der Waals surface area contributed by atoms with Gasteiger partial charge in [0.15, 0.2) is 0 Å². The van der Waals surface area contributed by atoms with Gasteiger partial charge in [-0.1, -0.05) is 37.3 Å². The summed E-state index contributed by atoms with van der Waals surface area (Å²) in [6.45, 7) is 4.54. The van der Waals surface area contributed by atoms with Gasteiger partial charge in [0.05, 0.1) is 19.0 Å². The Kier molecular flexibility index (Phi) is 4.17. The Balaban J connectivity index is 1.68. The minimum absolute atomic E-state index is 0.652. The number of rotatable bonds is 6. The van der Waals surface area contributed by atoms with Crippen molar-refractivity contribution in [2.75, 3.05) is 6.54 Å². The zero-order valence-electron chi connectivity index (χ0n) is 12.1. The first-order valence-electron chi connectivity index (χ1n) is 7.20. The van der Waals surface area contributed by atoms with Gasteiger partial charge in [0, 0.05) is 23.9 Å². The lowest BCUT2D eigenvalue weighted by atomic mass is 10.1. The average molecular weight is 281 g/mol. The molecular weight excluding hydrogens is 262 g/mol. The summed E-state index contributed by atoms with van der Waals surface area (Å²) in [5.41, 5.74) is 3.47. The van der Waals surface area contributed by atoms with Gasteiger partial charge in [0.1, 0.15) is 5.76 Å². The second-order valence-electron chi connectivity index (χ2n) is 4.99. The Morgan fingerprint density at radius 3 is 2.86 bits per heavy atom. The fourth-order valence-electron chi connectivity index (χ4n) is 2.26. The van der Waals surface area contributed by atoms with Crippen LogP contribution in [0.4, 0.5) is 0 Å². The summed E-state index contributed by atoms with van der Waals surface area (Å²) in [5.74, 6) is 0.922. The predicted molar refractivity (Wildman–Crippen MR) is 82.9 cm³/mol. The van der Waals surface area contributed by atoms with Gasteiger partial charge in [-0.2, -0.15) is 5.10 Å². The molecule has 0 spiro atoms. The van der Waals surface area contributed by atoms with E-state index >= 15 is 0 Å². The van der Waals surface area contributed by atoms with Gasteiger partial charge in [0.25, 0.3) is 0 Å². The number of nitrogens with zero attached hydrogens (tertiary/aromatic N) is 2. The molecule has 0 aliphatic heterocycles. The molecule has 3 aromatic rings. The molecule has 0 aliphatic rings. The molecule has 2 heterocycles. The minimum atomic E-state index is 0.652. The molecule has 3 rings (SSSR count). The van der Waals surface area contributed by atoms with Crippen molar-refractivity contribution in [3.8, 4) is 11.1 Å². The lowest BCUT2D eigenvalue weighted by Gasteiger charge is -1.98. The smallest absolute Gasteiger partial charge is 0.125 e. The summed E-state index contributed by atoms with van der Waals surface area (Å²) in [5, 5.41) is 7.69. The van der Waals surface area contributed by atoms with Gasteiger partial charge in [-0.05, 0) is 18.2 Å². The fourth-order valence-corrected chi connectivity index (χ4v) is 2.26. The van der Waals surface area contributed by atoms with E-state index < -0.39 is 0 Å². The predicted octanol–water partition coefficient (Wildman–Crippen LogP) is 3.30. The van der Waals surface area contributed by atoms with Gasteiger partial charge < -0.3 is 9.73 Å². The number of nitrogens with one attached hydrogen (secondary N) is 1. The quantitative estimate of drug-likeness (QED) is 0.754. The van der Waals surface area contributed by atoms with E-state index in [1.54, 1.807) is 6.26 Å². The normalized spacial score (nSPS) is 10.9. The molecule has 108 valence electrons. The molecule has 4 nitrogen and oxygen atoms in total. The molecule has 0 saturated carbocycles. The summed E-state index contributed by atoms with van der Waals surface area (Å²) < 4.78 is 7.48. The van der Waals surface area contributed by atoms with Gasteiger partial charge >= 0.3 is 0 Å². The van der Waals surface area contributed by atoms with Crippen LogP contribution in [0, 0.1) is 0 Å². The first-order chi connectivity index (χ1) is 10.3. The van der Waals surface area contributed by atoms with Crippen LogP contribution in [0.25, 0.3) is 11.1 Å². The highest BCUT2D eigenvalue weighted by Gasteiger charge is 2.05. The topological polar surface area (TPSA) is 43.0 Å². The van der Waals surface area contributed by atoms with E-state index in [2.05, 4.69) is 35.5 Å². The van der Waals surface area contributed by atoms with Gasteiger partial charge in [0.2, 0.25) is 0 Å². The molecule has 0 unspecified atom stereocenters. The van der Waals surface area contributed by atoms with Crippen LogP contribution >= 0.6 is 0 Å². The maximum absolute atomic E-state index is 5.58. The molecule has 0 fully saturated rings. The standard InChI is InChI=1S/C17H19N3O/c1-2-18-9-14-8-17(21-13-14)12-20-11-16(10-19-20)15-6-4-3-5-7-15/h3-8,10-11,13,18H,2,9,12H2,1H3. The largest absolute Gasteiger partial charge is 0.467 e. The molecule has 0 bridgehead atoms.